The molecule has 7 nitrogen and oxygen atoms in total. The highest BCUT2D eigenvalue weighted by Crippen LogP contribution is 2.38. The minimum Gasteiger partial charge on any atom is -0.324 e. The largest absolute Gasteiger partial charge is 0.324 e. The molecule has 1 heterocycles. The molecule has 7 heteroatoms. The molecule has 2 aliphatic rings. The molecule has 1 saturated carbocycles. The number of anilines is 1. The molecule has 2 aromatic carbocycles. The Kier molecular flexibility index (Phi) is 6.44. The van der Waals surface area contributed by atoms with Gasteiger partial charge in [0.15, 0.2) is 0 Å². The predicted molar refractivity (Wildman–Crippen MR) is 122 cm³/mol. The van der Waals surface area contributed by atoms with Gasteiger partial charge in [0.25, 0.3) is 0 Å². The second kappa shape index (κ2) is 9.42. The molecule has 2 aromatic rings. The Bertz CT molecular complexity index is 1040. The highest BCUT2D eigenvalue weighted by Gasteiger charge is 2.47. The van der Waals surface area contributed by atoms with E-state index in [0.717, 1.165) is 42.5 Å². The number of fused-ring (bicyclic) bond motifs is 1. The zero-order chi connectivity index (χ0) is 22.7. The number of nitrogens with one attached hydrogen (secondary N) is 1. The molecule has 0 spiro atoms. The number of azo groups is 1. The average Bonchev–Trinajstić information content (AvgIpc) is 3.03. The Hall–Kier alpha value is -3.35. The lowest BCUT2D eigenvalue weighted by Gasteiger charge is -2.19. The van der Waals surface area contributed by atoms with E-state index in [9.17, 15) is 14.4 Å². The van der Waals surface area contributed by atoms with Gasteiger partial charge in [-0.15, -0.1) is 5.11 Å². The van der Waals surface area contributed by atoms with E-state index in [1.807, 2.05) is 50.2 Å². The molecule has 32 heavy (non-hydrogen) atoms. The second-order valence-electron chi connectivity index (χ2n) is 8.68. The van der Waals surface area contributed by atoms with Crippen molar-refractivity contribution in [2.45, 2.75) is 46.0 Å². The Morgan fingerprint density at radius 1 is 0.938 bits per heavy atom. The average molecular weight is 433 g/mol. The van der Waals surface area contributed by atoms with Gasteiger partial charge in [0.2, 0.25) is 17.7 Å². The van der Waals surface area contributed by atoms with E-state index in [1.54, 1.807) is 6.07 Å². The molecule has 3 amide bonds. The van der Waals surface area contributed by atoms with Crippen LogP contribution in [0, 0.1) is 25.7 Å². The molecule has 4 rings (SSSR count). The smallest absolute Gasteiger partial charge is 0.233 e. The second-order valence-corrected chi connectivity index (χ2v) is 8.68. The van der Waals surface area contributed by atoms with Gasteiger partial charge in [0, 0.05) is 13.0 Å². The van der Waals surface area contributed by atoms with Gasteiger partial charge in [-0.25, -0.2) is 0 Å². The van der Waals surface area contributed by atoms with Crippen LogP contribution >= 0.6 is 0 Å². The van der Waals surface area contributed by atoms with Crippen LogP contribution in [0.2, 0.25) is 0 Å². The fourth-order valence-electron chi connectivity index (χ4n) is 4.43. The predicted octanol–water partition coefficient (Wildman–Crippen LogP) is 5.22. The minimum absolute atomic E-state index is 0.0549. The molecular weight excluding hydrogens is 404 g/mol. The number of hydrogen-bond acceptors (Lipinski definition) is 5. The van der Waals surface area contributed by atoms with Crippen LogP contribution in [-0.4, -0.2) is 29.2 Å². The number of rotatable bonds is 6. The third-order valence-electron chi connectivity index (χ3n) is 6.23. The third kappa shape index (κ3) is 4.77. The van der Waals surface area contributed by atoms with E-state index in [1.165, 1.54) is 4.90 Å². The zero-order valence-electron chi connectivity index (χ0n) is 18.5. The standard InChI is InChI=1S/C25H28N4O3/c1-16-7-10-18(11-8-16)27-28-22-15-17(2)9-12-21(22)26-23(30)13-14-29-24(31)19-5-3-4-6-20(19)25(29)32/h7-12,15,19-20H,3-6,13-14H2,1-2H3,(H,26,30). The van der Waals surface area contributed by atoms with Gasteiger partial charge in [0.1, 0.15) is 5.69 Å². The Morgan fingerprint density at radius 2 is 1.56 bits per heavy atom. The molecule has 0 aromatic heterocycles. The minimum atomic E-state index is -0.267. The maximum atomic E-state index is 12.6. The molecule has 0 bridgehead atoms. The van der Waals surface area contributed by atoms with Crippen LogP contribution in [0.3, 0.4) is 0 Å². The first kappa shape index (κ1) is 21.9. The Balaban J connectivity index is 1.40. The Morgan fingerprint density at radius 3 is 2.22 bits per heavy atom. The molecular formula is C25H28N4O3. The summed E-state index contributed by atoms with van der Waals surface area (Å²) in [5.41, 5.74) is 3.96. The summed E-state index contributed by atoms with van der Waals surface area (Å²) in [6.45, 7) is 4.06. The molecule has 1 N–H and O–H groups in total. The van der Waals surface area contributed by atoms with Crippen molar-refractivity contribution >= 4 is 34.8 Å². The molecule has 2 unspecified atom stereocenters. The fourth-order valence-corrected chi connectivity index (χ4v) is 4.43. The van der Waals surface area contributed by atoms with Crippen LogP contribution in [0.5, 0.6) is 0 Å². The number of amides is 3. The number of benzene rings is 2. The van der Waals surface area contributed by atoms with Crippen molar-refractivity contribution in [2.75, 3.05) is 11.9 Å². The number of aryl methyl sites for hydroxylation is 2. The van der Waals surface area contributed by atoms with Gasteiger partial charge < -0.3 is 5.32 Å². The highest BCUT2D eigenvalue weighted by atomic mass is 16.2. The van der Waals surface area contributed by atoms with Crippen LogP contribution in [0.25, 0.3) is 0 Å². The summed E-state index contributed by atoms with van der Waals surface area (Å²) in [6.07, 6.45) is 3.58. The fraction of sp³-hybridized carbons (Fsp3) is 0.400. The lowest BCUT2D eigenvalue weighted by atomic mass is 9.81. The van der Waals surface area contributed by atoms with Crippen molar-refractivity contribution in [1.29, 1.82) is 0 Å². The number of imide groups is 1. The van der Waals surface area contributed by atoms with Crippen molar-refractivity contribution in [3.05, 3.63) is 53.6 Å². The van der Waals surface area contributed by atoms with Gasteiger partial charge in [-0.3, -0.25) is 19.3 Å². The van der Waals surface area contributed by atoms with E-state index in [4.69, 9.17) is 0 Å². The van der Waals surface area contributed by atoms with E-state index < -0.39 is 0 Å². The first-order chi connectivity index (χ1) is 15.4. The molecule has 0 radical (unpaired) electrons. The monoisotopic (exact) mass is 432 g/mol. The summed E-state index contributed by atoms with van der Waals surface area (Å²) in [5.74, 6) is -0.877. The van der Waals surface area contributed by atoms with Crippen molar-refractivity contribution < 1.29 is 14.4 Å². The van der Waals surface area contributed by atoms with Crippen molar-refractivity contribution in [3.8, 4) is 0 Å². The van der Waals surface area contributed by atoms with Crippen LogP contribution in [0.15, 0.2) is 52.7 Å². The topological polar surface area (TPSA) is 91.2 Å². The maximum absolute atomic E-state index is 12.6. The lowest BCUT2D eigenvalue weighted by molar-refractivity contribution is -0.140. The first-order valence-electron chi connectivity index (χ1n) is 11.2. The molecule has 2 fully saturated rings. The number of carbonyl (C=O) groups excluding carboxylic acids is 3. The molecule has 166 valence electrons. The van der Waals surface area contributed by atoms with Crippen LogP contribution in [0.4, 0.5) is 17.1 Å². The van der Waals surface area contributed by atoms with Gasteiger partial charge in [0.05, 0.1) is 23.2 Å². The van der Waals surface area contributed by atoms with E-state index in [0.29, 0.717) is 11.4 Å². The number of carbonyl (C=O) groups is 3. The summed E-state index contributed by atoms with van der Waals surface area (Å²) in [4.78, 5) is 39.1. The quantitative estimate of drug-likeness (QED) is 0.501. The van der Waals surface area contributed by atoms with Crippen molar-refractivity contribution in [1.82, 2.24) is 4.90 Å². The third-order valence-corrected chi connectivity index (χ3v) is 6.23. The van der Waals surface area contributed by atoms with E-state index in [2.05, 4.69) is 15.5 Å². The summed E-state index contributed by atoms with van der Waals surface area (Å²) in [6, 6.07) is 13.2. The summed E-state index contributed by atoms with van der Waals surface area (Å²) < 4.78 is 0. The summed E-state index contributed by atoms with van der Waals surface area (Å²) >= 11 is 0. The van der Waals surface area contributed by atoms with Crippen molar-refractivity contribution in [2.24, 2.45) is 22.1 Å². The van der Waals surface area contributed by atoms with Gasteiger partial charge in [-0.2, -0.15) is 5.11 Å². The van der Waals surface area contributed by atoms with Crippen molar-refractivity contribution in [3.63, 3.8) is 0 Å². The number of likely N-dealkylation sites (tertiary alicyclic amines) is 1. The van der Waals surface area contributed by atoms with Gasteiger partial charge in [-0.1, -0.05) is 36.6 Å². The molecule has 2 atom stereocenters. The van der Waals surface area contributed by atoms with Crippen LogP contribution in [-0.2, 0) is 14.4 Å². The SMILES string of the molecule is Cc1ccc(N=Nc2cc(C)ccc2NC(=O)CCN2C(=O)C3CCCCC3C2=O)cc1. The first-order valence-corrected chi connectivity index (χ1v) is 11.2. The van der Waals surface area contributed by atoms with Crippen LogP contribution in [0.1, 0.15) is 43.2 Å². The lowest BCUT2D eigenvalue weighted by Crippen LogP contribution is -2.34. The highest BCUT2D eigenvalue weighted by molar-refractivity contribution is 6.05. The number of hydrogen-bond donors (Lipinski definition) is 1. The van der Waals surface area contributed by atoms with Crippen LogP contribution < -0.4 is 5.32 Å². The normalized spacial score (nSPS) is 20.6. The molecule has 1 aliphatic heterocycles. The molecule has 1 aliphatic carbocycles. The van der Waals surface area contributed by atoms with E-state index >= 15 is 0 Å². The van der Waals surface area contributed by atoms with Gasteiger partial charge >= 0.3 is 0 Å². The zero-order valence-corrected chi connectivity index (χ0v) is 18.5. The summed E-state index contributed by atoms with van der Waals surface area (Å²) in [5, 5.41) is 11.5. The number of nitrogens with zero attached hydrogens (tertiary/aromatic N) is 3. The van der Waals surface area contributed by atoms with Gasteiger partial charge in [-0.05, 0) is 56.5 Å². The maximum Gasteiger partial charge on any atom is 0.233 e. The summed E-state index contributed by atoms with van der Waals surface area (Å²) in [7, 11) is 0. The Labute approximate surface area is 187 Å². The van der Waals surface area contributed by atoms with E-state index in [-0.39, 0.29) is 42.5 Å². The molecule has 1 saturated heterocycles.